The van der Waals surface area contributed by atoms with Crippen LogP contribution in [-0.4, -0.2) is 52.4 Å². The standard InChI is InChI=1S/C33H41NO10/c1-7-25(36)40-17-32(5)22-15-24(41-18(3)35)33(6)29(31(22,4)12-11-23(32)43-26(37)8-2)28(38)27-21(44-33)14-20(42-30(27)39)19-10-9-13-34-16-19/h9-10,13-14,16,22-24,28-29,38H,7-8,11-12,15,17H2,1-6H3. The van der Waals surface area contributed by atoms with E-state index < -0.39 is 58.2 Å². The van der Waals surface area contributed by atoms with Crippen LogP contribution in [0.25, 0.3) is 11.3 Å². The number of rotatable bonds is 7. The van der Waals surface area contributed by atoms with Crippen molar-refractivity contribution in [2.75, 3.05) is 6.61 Å². The van der Waals surface area contributed by atoms with Gasteiger partial charge in [-0.3, -0.25) is 19.4 Å². The Kier molecular flexibility index (Phi) is 8.39. The van der Waals surface area contributed by atoms with Gasteiger partial charge in [-0.2, -0.15) is 0 Å². The molecule has 0 spiro atoms. The first kappa shape index (κ1) is 31.7. The van der Waals surface area contributed by atoms with Crippen LogP contribution in [-0.2, 0) is 28.6 Å². The second kappa shape index (κ2) is 11.6. The van der Waals surface area contributed by atoms with Crippen LogP contribution in [0.3, 0.4) is 0 Å². The molecule has 44 heavy (non-hydrogen) atoms. The third-order valence-electron chi connectivity index (χ3n) is 10.2. The fraction of sp³-hybridized carbons (Fsp3) is 0.606. The topological polar surface area (TPSA) is 151 Å². The zero-order valence-electron chi connectivity index (χ0n) is 26.1. The Morgan fingerprint density at radius 3 is 2.45 bits per heavy atom. The van der Waals surface area contributed by atoms with Crippen molar-refractivity contribution < 1.29 is 42.9 Å². The summed E-state index contributed by atoms with van der Waals surface area (Å²) in [4.78, 5) is 55.0. The van der Waals surface area contributed by atoms with Gasteiger partial charge in [0.2, 0.25) is 0 Å². The highest BCUT2D eigenvalue weighted by molar-refractivity contribution is 5.70. The van der Waals surface area contributed by atoms with Gasteiger partial charge in [-0.25, -0.2) is 4.79 Å². The molecule has 5 rings (SSSR count). The molecule has 1 N–H and O–H groups in total. The minimum Gasteiger partial charge on any atom is -0.482 e. The second-order valence-corrected chi connectivity index (χ2v) is 12.9. The van der Waals surface area contributed by atoms with Gasteiger partial charge in [-0.1, -0.05) is 27.7 Å². The lowest BCUT2D eigenvalue weighted by molar-refractivity contribution is -0.271. The zero-order valence-corrected chi connectivity index (χ0v) is 26.1. The van der Waals surface area contributed by atoms with Crippen molar-refractivity contribution in [3.8, 4) is 17.1 Å². The molecule has 2 fully saturated rings. The number of esters is 3. The minimum atomic E-state index is -1.34. The highest BCUT2D eigenvalue weighted by Gasteiger charge is 2.70. The summed E-state index contributed by atoms with van der Waals surface area (Å²) < 4.78 is 29.9. The number of aromatic nitrogens is 1. The largest absolute Gasteiger partial charge is 0.482 e. The number of ether oxygens (including phenoxy) is 4. The maximum atomic E-state index is 13.5. The number of aliphatic hydroxyl groups is 1. The number of fused-ring (bicyclic) bond motifs is 4. The van der Waals surface area contributed by atoms with Crippen molar-refractivity contribution in [2.45, 2.75) is 97.6 Å². The first-order valence-corrected chi connectivity index (χ1v) is 15.3. The molecule has 0 saturated heterocycles. The summed E-state index contributed by atoms with van der Waals surface area (Å²) in [5.74, 6) is -2.06. The maximum absolute atomic E-state index is 13.5. The minimum absolute atomic E-state index is 0.0118. The van der Waals surface area contributed by atoms with Gasteiger partial charge in [0.25, 0.3) is 0 Å². The molecule has 8 unspecified atom stereocenters. The molecule has 8 atom stereocenters. The average Bonchev–Trinajstić information content (AvgIpc) is 2.98. The predicted octanol–water partition coefficient (Wildman–Crippen LogP) is 4.54. The fourth-order valence-corrected chi connectivity index (χ4v) is 8.16. The highest BCUT2D eigenvalue weighted by atomic mass is 16.6. The lowest BCUT2D eigenvalue weighted by Gasteiger charge is -2.66. The number of hydrogen-bond acceptors (Lipinski definition) is 11. The predicted molar refractivity (Wildman–Crippen MR) is 156 cm³/mol. The molecular weight excluding hydrogens is 570 g/mol. The summed E-state index contributed by atoms with van der Waals surface area (Å²) in [6.07, 6.45) is 1.92. The van der Waals surface area contributed by atoms with Crippen molar-refractivity contribution in [3.05, 3.63) is 46.6 Å². The lowest BCUT2D eigenvalue weighted by atomic mass is 9.42. The number of hydrogen-bond donors (Lipinski definition) is 1. The van der Waals surface area contributed by atoms with Crippen LogP contribution < -0.4 is 10.4 Å². The first-order chi connectivity index (χ1) is 20.8. The van der Waals surface area contributed by atoms with Crippen LogP contribution in [0, 0.1) is 22.7 Å². The molecule has 3 heterocycles. The van der Waals surface area contributed by atoms with Crippen LogP contribution in [0.5, 0.6) is 5.75 Å². The molecule has 0 aromatic carbocycles. The monoisotopic (exact) mass is 611 g/mol. The van der Waals surface area contributed by atoms with Crippen LogP contribution in [0.1, 0.15) is 85.3 Å². The fourth-order valence-electron chi connectivity index (χ4n) is 8.16. The third-order valence-corrected chi connectivity index (χ3v) is 10.2. The molecule has 2 aliphatic carbocycles. The van der Waals surface area contributed by atoms with E-state index in [9.17, 15) is 24.3 Å². The van der Waals surface area contributed by atoms with E-state index >= 15 is 0 Å². The lowest BCUT2D eigenvalue weighted by Crippen LogP contribution is -2.71. The van der Waals surface area contributed by atoms with Gasteiger partial charge in [0, 0.05) is 55.1 Å². The molecule has 11 nitrogen and oxygen atoms in total. The quantitative estimate of drug-likeness (QED) is 0.347. The van der Waals surface area contributed by atoms with E-state index in [4.69, 9.17) is 23.4 Å². The van der Waals surface area contributed by atoms with Gasteiger partial charge in [-0.05, 0) is 49.7 Å². The Bertz CT molecular complexity index is 1490. The molecule has 0 bridgehead atoms. The molecule has 2 saturated carbocycles. The summed E-state index contributed by atoms with van der Waals surface area (Å²) in [7, 11) is 0. The van der Waals surface area contributed by atoms with Gasteiger partial charge >= 0.3 is 23.5 Å². The van der Waals surface area contributed by atoms with Crippen molar-refractivity contribution in [3.63, 3.8) is 0 Å². The Morgan fingerprint density at radius 1 is 1.09 bits per heavy atom. The molecule has 11 heteroatoms. The summed E-state index contributed by atoms with van der Waals surface area (Å²) in [5, 5.41) is 12.1. The van der Waals surface area contributed by atoms with Gasteiger partial charge in [-0.15, -0.1) is 0 Å². The Balaban J connectivity index is 1.65. The van der Waals surface area contributed by atoms with E-state index in [2.05, 4.69) is 4.98 Å². The van der Waals surface area contributed by atoms with E-state index in [0.29, 0.717) is 18.4 Å². The van der Waals surface area contributed by atoms with E-state index in [-0.39, 0.29) is 54.8 Å². The zero-order chi connectivity index (χ0) is 32.0. The Labute approximate surface area is 256 Å². The summed E-state index contributed by atoms with van der Waals surface area (Å²) in [6, 6.07) is 5.02. The van der Waals surface area contributed by atoms with Crippen molar-refractivity contribution in [1.29, 1.82) is 0 Å². The molecule has 0 amide bonds. The number of nitrogens with zero attached hydrogens (tertiary/aromatic N) is 1. The number of carbonyl (C=O) groups is 3. The van der Waals surface area contributed by atoms with Gasteiger partial charge in [0.15, 0.2) is 0 Å². The molecule has 1 aliphatic heterocycles. The molecule has 0 radical (unpaired) electrons. The van der Waals surface area contributed by atoms with E-state index in [1.165, 1.54) is 6.92 Å². The summed E-state index contributed by atoms with van der Waals surface area (Å²) >= 11 is 0. The highest BCUT2D eigenvalue weighted by Crippen LogP contribution is 2.67. The molecule has 3 aliphatic rings. The van der Waals surface area contributed by atoms with E-state index in [1.54, 1.807) is 51.4 Å². The van der Waals surface area contributed by atoms with E-state index in [0.717, 1.165) is 0 Å². The SMILES string of the molecule is CCC(=O)OCC1(C)C(OC(=O)CC)CCC2(C)C1CC(OC(C)=O)C1(C)Oc3cc(-c4cccnc4)oc(=O)c3C(O)C21. The van der Waals surface area contributed by atoms with Crippen molar-refractivity contribution >= 4 is 17.9 Å². The average molecular weight is 612 g/mol. The third kappa shape index (κ3) is 5.18. The van der Waals surface area contributed by atoms with Gasteiger partial charge in [0.05, 0.1) is 6.10 Å². The molecule has 238 valence electrons. The van der Waals surface area contributed by atoms with Gasteiger partial charge in [0.1, 0.15) is 41.5 Å². The van der Waals surface area contributed by atoms with Crippen LogP contribution in [0.15, 0.2) is 39.8 Å². The molecule has 2 aromatic heterocycles. The molecular formula is C33H41NO10. The normalized spacial score (nSPS) is 33.9. The Hall–Kier alpha value is -3.73. The first-order valence-electron chi connectivity index (χ1n) is 15.3. The number of aliphatic hydroxyl groups excluding tert-OH is 1. The number of pyridine rings is 1. The van der Waals surface area contributed by atoms with Crippen molar-refractivity contribution in [1.82, 2.24) is 4.98 Å². The molecule has 2 aromatic rings. The Morgan fingerprint density at radius 2 is 1.82 bits per heavy atom. The van der Waals surface area contributed by atoms with Crippen LogP contribution in [0.2, 0.25) is 0 Å². The smallest absolute Gasteiger partial charge is 0.345 e. The van der Waals surface area contributed by atoms with Crippen LogP contribution >= 0.6 is 0 Å². The van der Waals surface area contributed by atoms with Crippen molar-refractivity contribution in [2.24, 2.45) is 22.7 Å². The maximum Gasteiger partial charge on any atom is 0.345 e. The number of carbonyl (C=O) groups excluding carboxylic acids is 3. The van der Waals surface area contributed by atoms with Crippen LogP contribution in [0.4, 0.5) is 0 Å². The second-order valence-electron chi connectivity index (χ2n) is 12.9. The van der Waals surface area contributed by atoms with E-state index in [1.807, 2.05) is 13.8 Å². The van der Waals surface area contributed by atoms with Gasteiger partial charge < -0.3 is 28.5 Å². The summed E-state index contributed by atoms with van der Waals surface area (Å²) in [6.45, 7) is 10.4. The summed E-state index contributed by atoms with van der Waals surface area (Å²) in [5.41, 5.74) is -3.09.